The average Bonchev–Trinajstić information content (AvgIpc) is 3.14. The number of amides is 1. The molecule has 0 unspecified atom stereocenters. The number of sulfonamides is 1. The summed E-state index contributed by atoms with van der Waals surface area (Å²) in [6.07, 6.45) is 3.66. The summed E-state index contributed by atoms with van der Waals surface area (Å²) in [5.41, 5.74) is 1.90. The van der Waals surface area contributed by atoms with Crippen molar-refractivity contribution in [2.24, 2.45) is 7.05 Å². The minimum Gasteiger partial charge on any atom is -0.350 e. The molecule has 3 aromatic rings. The molecule has 1 aliphatic rings. The normalized spacial score (nSPS) is 16.5. The van der Waals surface area contributed by atoms with Crippen LogP contribution in [0.5, 0.6) is 0 Å². The van der Waals surface area contributed by atoms with Crippen LogP contribution in [-0.4, -0.2) is 28.2 Å². The van der Waals surface area contributed by atoms with Crippen LogP contribution in [0.15, 0.2) is 70.6 Å². The van der Waals surface area contributed by atoms with Crippen molar-refractivity contribution in [1.82, 2.24) is 14.4 Å². The van der Waals surface area contributed by atoms with Gasteiger partial charge in [-0.25, -0.2) is 13.4 Å². The molecule has 1 aliphatic heterocycles. The molecule has 142 valence electrons. The van der Waals surface area contributed by atoms with Gasteiger partial charge in [0.25, 0.3) is 15.9 Å². The highest BCUT2D eigenvalue weighted by Crippen LogP contribution is 2.33. The van der Waals surface area contributed by atoms with Crippen molar-refractivity contribution in [1.29, 1.82) is 0 Å². The van der Waals surface area contributed by atoms with Crippen molar-refractivity contribution in [2.45, 2.75) is 4.90 Å². The van der Waals surface area contributed by atoms with Gasteiger partial charge in [0.2, 0.25) is 0 Å². The molecule has 0 bridgehead atoms. The lowest BCUT2D eigenvalue weighted by molar-refractivity contribution is -0.123. The quantitative estimate of drug-likeness (QED) is 0.509. The fourth-order valence-corrected chi connectivity index (χ4v) is 5.27. The number of para-hydroxylation sites is 1. The van der Waals surface area contributed by atoms with Crippen molar-refractivity contribution in [3.8, 4) is 0 Å². The third kappa shape index (κ3) is 3.37. The van der Waals surface area contributed by atoms with E-state index in [4.69, 9.17) is 12.2 Å². The topological polar surface area (TPSA) is 71.4 Å². The number of carbonyl (C=O) groups excluding carboxylic acids is 1. The van der Waals surface area contributed by atoms with Crippen LogP contribution in [0.3, 0.4) is 0 Å². The van der Waals surface area contributed by atoms with Crippen LogP contribution in [0.25, 0.3) is 17.0 Å². The van der Waals surface area contributed by atoms with Crippen LogP contribution >= 0.6 is 24.0 Å². The second-order valence-electron chi connectivity index (χ2n) is 6.14. The highest BCUT2D eigenvalue weighted by Gasteiger charge is 2.35. The van der Waals surface area contributed by atoms with Gasteiger partial charge in [-0.2, -0.15) is 0 Å². The van der Waals surface area contributed by atoms with Crippen LogP contribution in [0.4, 0.5) is 0 Å². The first-order valence-electron chi connectivity index (χ1n) is 8.26. The third-order valence-corrected chi connectivity index (χ3v) is 6.89. The van der Waals surface area contributed by atoms with E-state index in [0.29, 0.717) is 4.91 Å². The summed E-state index contributed by atoms with van der Waals surface area (Å²) in [6, 6.07) is 15.7. The summed E-state index contributed by atoms with van der Waals surface area (Å²) < 4.78 is 27.2. The van der Waals surface area contributed by atoms with E-state index in [9.17, 15) is 13.2 Å². The van der Waals surface area contributed by atoms with Crippen molar-refractivity contribution < 1.29 is 13.2 Å². The number of benzene rings is 2. The smallest absolute Gasteiger partial charge is 0.281 e. The molecule has 0 atom stereocenters. The minimum absolute atomic E-state index is 0.0575. The predicted octanol–water partition coefficient (Wildman–Crippen LogP) is 3.27. The van der Waals surface area contributed by atoms with Gasteiger partial charge in [0.15, 0.2) is 4.32 Å². The van der Waals surface area contributed by atoms with E-state index in [0.717, 1.165) is 33.2 Å². The largest absolute Gasteiger partial charge is 0.350 e. The van der Waals surface area contributed by atoms with Crippen molar-refractivity contribution in [3.63, 3.8) is 0 Å². The lowest BCUT2D eigenvalue weighted by Gasteiger charge is -2.15. The number of aryl methyl sites for hydroxylation is 1. The van der Waals surface area contributed by atoms with E-state index in [1.54, 1.807) is 24.3 Å². The van der Waals surface area contributed by atoms with Crippen LogP contribution in [-0.2, 0) is 21.9 Å². The lowest BCUT2D eigenvalue weighted by atomic mass is 10.1. The number of thioether (sulfide) groups is 1. The molecule has 28 heavy (non-hydrogen) atoms. The molecule has 4 rings (SSSR count). The maximum absolute atomic E-state index is 12.8. The van der Waals surface area contributed by atoms with Gasteiger partial charge < -0.3 is 4.57 Å². The fraction of sp³-hybridized carbons (Fsp3) is 0.0526. The van der Waals surface area contributed by atoms with E-state index in [-0.39, 0.29) is 9.22 Å². The molecule has 0 aliphatic carbocycles. The van der Waals surface area contributed by atoms with E-state index >= 15 is 0 Å². The van der Waals surface area contributed by atoms with Gasteiger partial charge in [-0.05, 0) is 24.3 Å². The van der Waals surface area contributed by atoms with Gasteiger partial charge >= 0.3 is 0 Å². The standard InChI is InChI=1S/C19H15N3O3S3/c1-21-12-13(15-9-5-6-10-16(15)21)11-17-18(23)22(19(26)27-17)20-28(24,25)14-7-3-2-4-8-14/h2-12,20H,1H3. The maximum atomic E-state index is 12.8. The summed E-state index contributed by atoms with van der Waals surface area (Å²) in [5.74, 6) is -0.498. The fourth-order valence-electron chi connectivity index (χ4n) is 2.95. The second kappa shape index (κ2) is 7.17. The Morgan fingerprint density at radius 1 is 1.07 bits per heavy atom. The molecule has 0 radical (unpaired) electrons. The van der Waals surface area contributed by atoms with E-state index < -0.39 is 15.9 Å². The number of rotatable bonds is 4. The minimum atomic E-state index is -3.91. The highest BCUT2D eigenvalue weighted by molar-refractivity contribution is 8.26. The first kappa shape index (κ1) is 18.9. The van der Waals surface area contributed by atoms with Gasteiger partial charge in [-0.1, -0.05) is 60.4 Å². The summed E-state index contributed by atoms with van der Waals surface area (Å²) in [6.45, 7) is 0. The molecule has 1 amide bonds. The SMILES string of the molecule is Cn1cc(C=C2SC(=S)N(NS(=O)(=O)c3ccccc3)C2=O)c2ccccc21. The zero-order valence-electron chi connectivity index (χ0n) is 14.7. The first-order chi connectivity index (χ1) is 13.4. The van der Waals surface area contributed by atoms with E-state index in [1.807, 2.05) is 42.1 Å². The number of aromatic nitrogens is 1. The molecule has 2 heterocycles. The number of fused-ring (bicyclic) bond motifs is 1. The molecule has 1 N–H and O–H groups in total. The van der Waals surface area contributed by atoms with Crippen molar-refractivity contribution in [2.75, 3.05) is 0 Å². The Morgan fingerprint density at radius 3 is 2.50 bits per heavy atom. The highest BCUT2D eigenvalue weighted by atomic mass is 32.2. The monoisotopic (exact) mass is 429 g/mol. The van der Waals surface area contributed by atoms with Crippen LogP contribution < -0.4 is 4.83 Å². The number of thiocarbonyl (C=S) groups is 1. The molecule has 0 saturated carbocycles. The molecule has 1 aromatic heterocycles. The number of carbonyl (C=O) groups is 1. The van der Waals surface area contributed by atoms with Gasteiger partial charge in [0.05, 0.1) is 9.80 Å². The van der Waals surface area contributed by atoms with Crippen molar-refractivity contribution >= 4 is 61.2 Å². The van der Waals surface area contributed by atoms with Crippen LogP contribution in [0.2, 0.25) is 0 Å². The zero-order valence-corrected chi connectivity index (χ0v) is 17.1. The molecule has 9 heteroatoms. The molecule has 1 saturated heterocycles. The molecule has 2 aromatic carbocycles. The summed E-state index contributed by atoms with van der Waals surface area (Å²) in [7, 11) is -1.98. The number of nitrogens with zero attached hydrogens (tertiary/aromatic N) is 2. The molecule has 0 spiro atoms. The Kier molecular flexibility index (Phi) is 4.84. The zero-order chi connectivity index (χ0) is 19.9. The number of hydrazine groups is 1. The molecule has 6 nitrogen and oxygen atoms in total. The molecular formula is C19H15N3O3S3. The van der Waals surface area contributed by atoms with Gasteiger partial charge in [-0.15, -0.1) is 4.83 Å². The Hall–Kier alpha value is -2.46. The Balaban J connectivity index is 1.65. The molecule has 1 fully saturated rings. The first-order valence-corrected chi connectivity index (χ1v) is 11.0. The Bertz CT molecular complexity index is 1230. The predicted molar refractivity (Wildman–Crippen MR) is 115 cm³/mol. The number of hydrogen-bond acceptors (Lipinski definition) is 5. The van der Waals surface area contributed by atoms with Gasteiger partial charge in [0.1, 0.15) is 0 Å². The Labute approximate surface area is 171 Å². The van der Waals surface area contributed by atoms with Gasteiger partial charge in [-0.3, -0.25) is 4.79 Å². The summed E-state index contributed by atoms with van der Waals surface area (Å²) in [5, 5.41) is 1.90. The average molecular weight is 430 g/mol. The van der Waals surface area contributed by atoms with Crippen molar-refractivity contribution in [3.05, 3.63) is 71.3 Å². The van der Waals surface area contributed by atoms with E-state index in [1.165, 1.54) is 12.1 Å². The van der Waals surface area contributed by atoms with E-state index in [2.05, 4.69) is 4.83 Å². The summed E-state index contributed by atoms with van der Waals surface area (Å²) in [4.78, 5) is 15.5. The molecular weight excluding hydrogens is 414 g/mol. The maximum Gasteiger partial charge on any atom is 0.281 e. The number of nitrogens with one attached hydrogen (secondary N) is 1. The Morgan fingerprint density at radius 2 is 1.75 bits per heavy atom. The second-order valence-corrected chi connectivity index (χ2v) is 9.47. The van der Waals surface area contributed by atoms with Crippen LogP contribution in [0.1, 0.15) is 5.56 Å². The third-order valence-electron chi connectivity index (χ3n) is 4.27. The van der Waals surface area contributed by atoms with Gasteiger partial charge in [0, 0.05) is 29.7 Å². The number of hydrogen-bond donors (Lipinski definition) is 1. The summed E-state index contributed by atoms with van der Waals surface area (Å²) >= 11 is 6.29. The lowest BCUT2D eigenvalue weighted by Crippen LogP contribution is -2.44. The van der Waals surface area contributed by atoms with Crippen LogP contribution in [0, 0.1) is 0 Å².